The molecule has 36 heavy (non-hydrogen) atoms. The zero-order valence-corrected chi connectivity index (χ0v) is 20.2. The summed E-state index contributed by atoms with van der Waals surface area (Å²) in [6, 6.07) is 4.00. The van der Waals surface area contributed by atoms with E-state index in [4.69, 9.17) is 17.2 Å². The highest BCUT2D eigenvalue weighted by molar-refractivity contribution is 5.95. The van der Waals surface area contributed by atoms with Crippen LogP contribution in [-0.4, -0.2) is 64.8 Å². The smallest absolute Gasteiger partial charge is 0.326 e. The lowest BCUT2D eigenvalue weighted by Crippen LogP contribution is -2.58. The van der Waals surface area contributed by atoms with Crippen molar-refractivity contribution in [2.24, 2.45) is 23.1 Å². The zero-order valence-electron chi connectivity index (χ0n) is 20.2. The molecule has 0 aromatic heterocycles. The number of nitrogens with two attached hydrogens (primary N) is 3. The predicted molar refractivity (Wildman–Crippen MR) is 129 cm³/mol. The second-order valence-electron chi connectivity index (χ2n) is 8.66. The molecular weight excluding hydrogens is 472 g/mol. The van der Waals surface area contributed by atoms with Gasteiger partial charge in [0.2, 0.25) is 29.5 Å². The molecule has 1 rings (SSSR count). The van der Waals surface area contributed by atoms with Crippen LogP contribution in [0.3, 0.4) is 0 Å². The molecule has 0 saturated heterocycles. The number of hydrogen-bond donors (Lipinski definition) is 7. The fourth-order valence-corrected chi connectivity index (χ4v) is 3.25. The molecule has 0 heterocycles. The van der Waals surface area contributed by atoms with E-state index in [-0.39, 0.29) is 19.3 Å². The SMILES string of the molecule is CC(C)C(NC(=O)C(N)Cc1ccccc1)C(=O)NC(CCC(N)=O)C(=O)NC(CC(N)=O)C(=O)O. The van der Waals surface area contributed by atoms with Crippen LogP contribution in [0.15, 0.2) is 30.3 Å². The number of primary amides is 2. The van der Waals surface area contributed by atoms with Crippen molar-refractivity contribution in [2.45, 2.75) is 63.7 Å². The van der Waals surface area contributed by atoms with Crippen LogP contribution in [0, 0.1) is 5.92 Å². The van der Waals surface area contributed by atoms with Gasteiger partial charge in [-0.15, -0.1) is 0 Å². The van der Waals surface area contributed by atoms with Crippen LogP contribution >= 0.6 is 0 Å². The van der Waals surface area contributed by atoms with E-state index in [1.54, 1.807) is 26.0 Å². The third-order valence-corrected chi connectivity index (χ3v) is 5.21. The number of carbonyl (C=O) groups is 6. The molecule has 1 aromatic rings. The zero-order chi connectivity index (χ0) is 27.4. The normalized spacial score (nSPS) is 14.1. The number of amides is 5. The summed E-state index contributed by atoms with van der Waals surface area (Å²) < 4.78 is 0. The number of hydrogen-bond acceptors (Lipinski definition) is 7. The van der Waals surface area contributed by atoms with Crippen LogP contribution in [0.5, 0.6) is 0 Å². The second kappa shape index (κ2) is 14.4. The van der Waals surface area contributed by atoms with Gasteiger partial charge in [0.1, 0.15) is 18.1 Å². The first-order chi connectivity index (χ1) is 16.8. The van der Waals surface area contributed by atoms with Crippen molar-refractivity contribution in [3.63, 3.8) is 0 Å². The van der Waals surface area contributed by atoms with Crippen LogP contribution < -0.4 is 33.2 Å². The van der Waals surface area contributed by atoms with E-state index in [0.29, 0.717) is 0 Å². The minimum atomic E-state index is -1.64. The molecule has 0 aliphatic carbocycles. The van der Waals surface area contributed by atoms with Crippen LogP contribution in [0.1, 0.15) is 38.7 Å². The highest BCUT2D eigenvalue weighted by Crippen LogP contribution is 2.08. The molecule has 0 radical (unpaired) electrons. The Labute approximate surface area is 208 Å². The summed E-state index contributed by atoms with van der Waals surface area (Å²) in [6.07, 6.45) is -0.991. The molecule has 4 atom stereocenters. The van der Waals surface area contributed by atoms with E-state index >= 15 is 0 Å². The lowest BCUT2D eigenvalue weighted by Gasteiger charge is -2.27. The van der Waals surface area contributed by atoms with Crippen LogP contribution in [0.4, 0.5) is 0 Å². The molecule has 4 unspecified atom stereocenters. The fourth-order valence-electron chi connectivity index (χ4n) is 3.25. The van der Waals surface area contributed by atoms with Crippen molar-refractivity contribution in [1.82, 2.24) is 16.0 Å². The third kappa shape index (κ3) is 10.5. The van der Waals surface area contributed by atoms with Crippen molar-refractivity contribution in [3.05, 3.63) is 35.9 Å². The van der Waals surface area contributed by atoms with E-state index in [9.17, 15) is 33.9 Å². The van der Waals surface area contributed by atoms with E-state index in [0.717, 1.165) is 5.56 Å². The highest BCUT2D eigenvalue weighted by atomic mass is 16.4. The summed E-state index contributed by atoms with van der Waals surface area (Å²) in [5.74, 6) is -5.95. The van der Waals surface area contributed by atoms with Crippen molar-refractivity contribution in [1.29, 1.82) is 0 Å². The van der Waals surface area contributed by atoms with Crippen molar-refractivity contribution < 1.29 is 33.9 Å². The van der Waals surface area contributed by atoms with Crippen LogP contribution in [0.25, 0.3) is 0 Å². The van der Waals surface area contributed by atoms with Crippen molar-refractivity contribution in [2.75, 3.05) is 0 Å². The van der Waals surface area contributed by atoms with E-state index < -0.39 is 72.0 Å². The average Bonchev–Trinajstić information content (AvgIpc) is 2.79. The molecule has 0 aliphatic rings. The molecule has 0 fully saturated rings. The summed E-state index contributed by atoms with van der Waals surface area (Å²) in [7, 11) is 0. The van der Waals surface area contributed by atoms with E-state index in [2.05, 4.69) is 16.0 Å². The molecule has 0 aliphatic heterocycles. The minimum absolute atomic E-state index is 0.235. The highest BCUT2D eigenvalue weighted by Gasteiger charge is 2.32. The Bertz CT molecular complexity index is 954. The molecular formula is C23H34N6O7. The monoisotopic (exact) mass is 506 g/mol. The molecule has 5 amide bonds. The van der Waals surface area contributed by atoms with Gasteiger partial charge in [-0.3, -0.25) is 24.0 Å². The quantitative estimate of drug-likeness (QED) is 0.139. The Balaban J connectivity index is 2.96. The number of carboxylic acids is 1. The first-order valence-electron chi connectivity index (χ1n) is 11.3. The Morgan fingerprint density at radius 3 is 1.92 bits per heavy atom. The van der Waals surface area contributed by atoms with Crippen LogP contribution in [-0.2, 0) is 35.2 Å². The van der Waals surface area contributed by atoms with Gasteiger partial charge in [-0.25, -0.2) is 4.79 Å². The molecule has 0 bridgehead atoms. The Morgan fingerprint density at radius 2 is 1.42 bits per heavy atom. The summed E-state index contributed by atoms with van der Waals surface area (Å²) in [5, 5.41) is 16.3. The topological polar surface area (TPSA) is 237 Å². The molecule has 1 aromatic carbocycles. The maximum Gasteiger partial charge on any atom is 0.326 e. The Hall–Kier alpha value is -4.00. The molecule has 0 spiro atoms. The minimum Gasteiger partial charge on any atom is -0.480 e. The Morgan fingerprint density at radius 1 is 0.833 bits per heavy atom. The van der Waals surface area contributed by atoms with Gasteiger partial charge in [0, 0.05) is 6.42 Å². The first kappa shape index (κ1) is 30.0. The number of aliphatic carboxylic acids is 1. The predicted octanol–water partition coefficient (Wildman–Crippen LogP) is -2.11. The number of benzene rings is 1. The standard InChI is InChI=1S/C23H34N6O7/c1-12(2)19(29-20(32)14(24)10-13-6-4-3-5-7-13)22(34)27-15(8-9-17(25)30)21(33)28-16(23(35)36)11-18(26)31/h3-7,12,14-16,19H,8-11,24H2,1-2H3,(H2,25,30)(H2,26,31)(H,27,34)(H,28,33)(H,29,32)(H,35,36). The van der Waals surface area contributed by atoms with Gasteiger partial charge >= 0.3 is 5.97 Å². The summed E-state index contributed by atoms with van der Waals surface area (Å²) in [4.78, 5) is 72.1. The third-order valence-electron chi connectivity index (χ3n) is 5.21. The molecule has 198 valence electrons. The number of carbonyl (C=O) groups excluding carboxylic acids is 5. The van der Waals surface area contributed by atoms with Gasteiger partial charge in [0.25, 0.3) is 0 Å². The maximum absolute atomic E-state index is 13.0. The lowest BCUT2D eigenvalue weighted by atomic mass is 10.0. The van der Waals surface area contributed by atoms with Gasteiger partial charge in [-0.05, 0) is 24.3 Å². The summed E-state index contributed by atoms with van der Waals surface area (Å²) >= 11 is 0. The Kier molecular flexibility index (Phi) is 12.0. The van der Waals surface area contributed by atoms with Gasteiger partial charge in [-0.2, -0.15) is 0 Å². The molecule has 13 heteroatoms. The maximum atomic E-state index is 13.0. The molecule has 13 nitrogen and oxygen atoms in total. The van der Waals surface area contributed by atoms with Crippen LogP contribution in [0.2, 0.25) is 0 Å². The summed E-state index contributed by atoms with van der Waals surface area (Å²) in [5.41, 5.74) is 17.0. The van der Waals surface area contributed by atoms with Gasteiger partial charge in [0.05, 0.1) is 12.5 Å². The van der Waals surface area contributed by atoms with Gasteiger partial charge in [0.15, 0.2) is 0 Å². The van der Waals surface area contributed by atoms with Crippen molar-refractivity contribution >= 4 is 35.5 Å². The number of carboxylic acid groups (broad SMARTS) is 1. The summed E-state index contributed by atoms with van der Waals surface area (Å²) in [6.45, 7) is 3.33. The van der Waals surface area contributed by atoms with E-state index in [1.807, 2.05) is 18.2 Å². The average molecular weight is 507 g/mol. The van der Waals surface area contributed by atoms with Gasteiger partial charge in [-0.1, -0.05) is 44.2 Å². The molecule has 10 N–H and O–H groups in total. The fraction of sp³-hybridized carbons (Fsp3) is 0.478. The van der Waals surface area contributed by atoms with Crippen molar-refractivity contribution in [3.8, 4) is 0 Å². The molecule has 0 saturated carbocycles. The number of nitrogens with one attached hydrogen (secondary N) is 3. The first-order valence-corrected chi connectivity index (χ1v) is 11.3. The lowest BCUT2D eigenvalue weighted by molar-refractivity contribution is -0.144. The second-order valence-corrected chi connectivity index (χ2v) is 8.66. The van der Waals surface area contributed by atoms with Gasteiger partial charge < -0.3 is 38.3 Å². The largest absolute Gasteiger partial charge is 0.480 e. The number of rotatable bonds is 15. The van der Waals surface area contributed by atoms with E-state index in [1.165, 1.54) is 0 Å².